The summed E-state index contributed by atoms with van der Waals surface area (Å²) in [7, 11) is 1.68. The fraction of sp³-hybridized carbons (Fsp3) is 0.923. The van der Waals surface area contributed by atoms with E-state index in [0.717, 1.165) is 6.42 Å². The molecule has 0 aromatic carbocycles. The lowest BCUT2D eigenvalue weighted by Gasteiger charge is -2.29. The van der Waals surface area contributed by atoms with Crippen molar-refractivity contribution in [3.63, 3.8) is 0 Å². The van der Waals surface area contributed by atoms with E-state index in [9.17, 15) is 4.79 Å². The van der Waals surface area contributed by atoms with Gasteiger partial charge in [0.15, 0.2) is 0 Å². The van der Waals surface area contributed by atoms with Crippen LogP contribution in [-0.2, 0) is 9.53 Å². The molecule has 1 amide bonds. The summed E-state index contributed by atoms with van der Waals surface area (Å²) in [6.45, 7) is 11.4. The molecule has 3 N–H and O–H groups in total. The highest BCUT2D eigenvalue weighted by Gasteiger charge is 2.28. The minimum atomic E-state index is -0.472. The predicted octanol–water partition coefficient (Wildman–Crippen LogP) is 1.54. The Morgan fingerprint density at radius 1 is 1.29 bits per heavy atom. The fourth-order valence-corrected chi connectivity index (χ4v) is 1.30. The Morgan fingerprint density at radius 2 is 1.82 bits per heavy atom. The highest BCUT2D eigenvalue weighted by Crippen LogP contribution is 2.20. The number of carbonyl (C=O) groups is 1. The van der Waals surface area contributed by atoms with Gasteiger partial charge in [-0.05, 0) is 17.3 Å². The van der Waals surface area contributed by atoms with E-state index in [1.807, 2.05) is 20.8 Å². The number of amides is 1. The Kier molecular flexibility index (Phi) is 6.13. The molecule has 4 heteroatoms. The first-order valence-electron chi connectivity index (χ1n) is 6.12. The lowest BCUT2D eigenvalue weighted by molar-refractivity contribution is -0.125. The SMILES string of the molecule is COCCC(C)(C)CNC(=O)[C@@H](N)C(C)(C)C. The van der Waals surface area contributed by atoms with Gasteiger partial charge in [-0.25, -0.2) is 0 Å². The van der Waals surface area contributed by atoms with Crippen molar-refractivity contribution < 1.29 is 9.53 Å². The number of carbonyl (C=O) groups excluding carboxylic acids is 1. The van der Waals surface area contributed by atoms with Gasteiger partial charge >= 0.3 is 0 Å². The van der Waals surface area contributed by atoms with Crippen LogP contribution in [0.25, 0.3) is 0 Å². The van der Waals surface area contributed by atoms with Crippen LogP contribution in [-0.4, -0.2) is 32.2 Å². The lowest BCUT2D eigenvalue weighted by atomic mass is 9.86. The molecule has 0 fully saturated rings. The highest BCUT2D eigenvalue weighted by atomic mass is 16.5. The Bertz CT molecular complexity index is 244. The number of hydrogen-bond acceptors (Lipinski definition) is 3. The molecule has 0 heterocycles. The summed E-state index contributed by atoms with van der Waals surface area (Å²) in [5.41, 5.74) is 5.71. The quantitative estimate of drug-likeness (QED) is 0.745. The van der Waals surface area contributed by atoms with Crippen molar-refractivity contribution in [1.82, 2.24) is 5.32 Å². The monoisotopic (exact) mass is 244 g/mol. The van der Waals surface area contributed by atoms with Crippen molar-refractivity contribution in [3.8, 4) is 0 Å². The number of nitrogens with two attached hydrogens (primary N) is 1. The first kappa shape index (κ1) is 16.4. The fourth-order valence-electron chi connectivity index (χ4n) is 1.30. The van der Waals surface area contributed by atoms with Gasteiger partial charge in [0.1, 0.15) is 0 Å². The van der Waals surface area contributed by atoms with E-state index in [1.54, 1.807) is 7.11 Å². The third-order valence-electron chi connectivity index (χ3n) is 2.94. The largest absolute Gasteiger partial charge is 0.385 e. The highest BCUT2D eigenvalue weighted by molar-refractivity contribution is 5.82. The molecule has 0 aliphatic heterocycles. The molecular formula is C13H28N2O2. The lowest BCUT2D eigenvalue weighted by Crippen LogP contribution is -2.50. The maximum atomic E-state index is 11.8. The van der Waals surface area contributed by atoms with Crippen LogP contribution in [0.5, 0.6) is 0 Å². The van der Waals surface area contributed by atoms with Gasteiger partial charge in [-0.15, -0.1) is 0 Å². The molecule has 0 bridgehead atoms. The average molecular weight is 244 g/mol. The second-order valence-electron chi connectivity index (χ2n) is 6.47. The third kappa shape index (κ3) is 6.64. The first-order chi connectivity index (χ1) is 7.60. The molecule has 0 saturated carbocycles. The zero-order chi connectivity index (χ0) is 13.7. The van der Waals surface area contributed by atoms with E-state index in [4.69, 9.17) is 10.5 Å². The summed E-state index contributed by atoms with van der Waals surface area (Å²) < 4.78 is 5.05. The first-order valence-corrected chi connectivity index (χ1v) is 6.12. The van der Waals surface area contributed by atoms with Gasteiger partial charge in [0, 0.05) is 20.3 Å². The average Bonchev–Trinajstić information content (AvgIpc) is 2.21. The minimum Gasteiger partial charge on any atom is -0.385 e. The molecule has 0 aromatic rings. The van der Waals surface area contributed by atoms with Crippen molar-refractivity contribution in [2.24, 2.45) is 16.6 Å². The molecule has 102 valence electrons. The second-order valence-corrected chi connectivity index (χ2v) is 6.47. The van der Waals surface area contributed by atoms with Crippen molar-refractivity contribution in [2.75, 3.05) is 20.3 Å². The smallest absolute Gasteiger partial charge is 0.237 e. The number of hydrogen-bond donors (Lipinski definition) is 2. The summed E-state index contributed by atoms with van der Waals surface area (Å²) in [6.07, 6.45) is 0.911. The molecule has 0 unspecified atom stereocenters. The van der Waals surface area contributed by atoms with Gasteiger partial charge in [-0.2, -0.15) is 0 Å². The number of rotatable bonds is 6. The maximum Gasteiger partial charge on any atom is 0.237 e. The molecule has 0 aliphatic rings. The van der Waals surface area contributed by atoms with Gasteiger partial charge in [0.2, 0.25) is 5.91 Å². The normalized spacial score (nSPS) is 14.5. The predicted molar refractivity (Wildman–Crippen MR) is 70.7 cm³/mol. The second kappa shape index (κ2) is 6.36. The van der Waals surface area contributed by atoms with Crippen LogP contribution in [0.2, 0.25) is 0 Å². The van der Waals surface area contributed by atoms with E-state index >= 15 is 0 Å². The Morgan fingerprint density at radius 3 is 2.24 bits per heavy atom. The molecule has 0 aliphatic carbocycles. The summed E-state index contributed by atoms with van der Waals surface area (Å²) in [6, 6.07) is -0.472. The summed E-state index contributed by atoms with van der Waals surface area (Å²) >= 11 is 0. The van der Waals surface area contributed by atoms with E-state index in [0.29, 0.717) is 13.2 Å². The van der Waals surface area contributed by atoms with E-state index in [-0.39, 0.29) is 16.7 Å². The van der Waals surface area contributed by atoms with Crippen molar-refractivity contribution in [2.45, 2.75) is 47.1 Å². The molecule has 1 atom stereocenters. The van der Waals surface area contributed by atoms with E-state index in [1.165, 1.54) is 0 Å². The van der Waals surface area contributed by atoms with Crippen LogP contribution in [0.4, 0.5) is 0 Å². The van der Waals surface area contributed by atoms with Crippen LogP contribution in [0, 0.1) is 10.8 Å². The van der Waals surface area contributed by atoms with Gasteiger partial charge in [0.25, 0.3) is 0 Å². The van der Waals surface area contributed by atoms with E-state index in [2.05, 4.69) is 19.2 Å². The Balaban J connectivity index is 4.15. The minimum absolute atomic E-state index is 0.0310. The van der Waals surface area contributed by atoms with Crippen LogP contribution >= 0.6 is 0 Å². The van der Waals surface area contributed by atoms with Crippen molar-refractivity contribution >= 4 is 5.91 Å². The zero-order valence-corrected chi connectivity index (χ0v) is 12.1. The maximum absolute atomic E-state index is 11.8. The molecule has 0 spiro atoms. The van der Waals surface area contributed by atoms with Gasteiger partial charge in [-0.3, -0.25) is 4.79 Å². The third-order valence-corrected chi connectivity index (χ3v) is 2.94. The molecular weight excluding hydrogens is 216 g/mol. The standard InChI is InChI=1S/C13H28N2O2/c1-12(2,3)10(14)11(16)15-9-13(4,5)7-8-17-6/h10H,7-9,14H2,1-6H3,(H,15,16)/t10-/m1/s1. The van der Waals surface area contributed by atoms with Gasteiger partial charge < -0.3 is 15.8 Å². The summed E-state index contributed by atoms with van der Waals surface area (Å²) in [5, 5.41) is 2.92. The number of ether oxygens (including phenoxy) is 1. The van der Waals surface area contributed by atoms with Crippen molar-refractivity contribution in [1.29, 1.82) is 0 Å². The van der Waals surface area contributed by atoms with E-state index < -0.39 is 6.04 Å². The summed E-state index contributed by atoms with van der Waals surface area (Å²) in [5.74, 6) is -0.0806. The summed E-state index contributed by atoms with van der Waals surface area (Å²) in [4.78, 5) is 11.8. The molecule has 0 radical (unpaired) electrons. The Labute approximate surface area is 105 Å². The molecule has 0 saturated heterocycles. The van der Waals surface area contributed by atoms with Crippen molar-refractivity contribution in [3.05, 3.63) is 0 Å². The van der Waals surface area contributed by atoms with Crippen LogP contribution in [0.1, 0.15) is 41.0 Å². The Hall–Kier alpha value is -0.610. The molecule has 17 heavy (non-hydrogen) atoms. The van der Waals surface area contributed by atoms with Gasteiger partial charge in [-0.1, -0.05) is 34.6 Å². The van der Waals surface area contributed by atoms with Gasteiger partial charge in [0.05, 0.1) is 6.04 Å². The van der Waals surface area contributed by atoms with Crippen LogP contribution < -0.4 is 11.1 Å². The molecule has 0 aromatic heterocycles. The van der Waals surface area contributed by atoms with Crippen LogP contribution in [0.3, 0.4) is 0 Å². The van der Waals surface area contributed by atoms with Crippen LogP contribution in [0.15, 0.2) is 0 Å². The zero-order valence-electron chi connectivity index (χ0n) is 12.1. The number of nitrogens with one attached hydrogen (secondary N) is 1. The number of methoxy groups -OCH3 is 1. The molecule has 4 nitrogen and oxygen atoms in total. The topological polar surface area (TPSA) is 64.3 Å². The molecule has 0 rings (SSSR count).